The van der Waals surface area contributed by atoms with Crippen molar-refractivity contribution in [1.29, 1.82) is 0 Å². The first kappa shape index (κ1) is 15.4. The van der Waals surface area contributed by atoms with E-state index >= 15 is 0 Å². The first-order valence-electron chi connectivity index (χ1n) is 5.15. The molecule has 0 rings (SSSR count). The van der Waals surface area contributed by atoms with Gasteiger partial charge in [0.15, 0.2) is 0 Å². The number of hydrogen-bond donors (Lipinski definition) is 0. The standard InChI is InChI=1S/C7H15FO.C4H10/c1-4-7(2,5-8)6-9-3;1-3-4-2/h4-6H2,1-3H3;3-4H2,1-2H3. The van der Waals surface area contributed by atoms with E-state index in [0.29, 0.717) is 6.61 Å². The number of rotatable bonds is 5. The van der Waals surface area contributed by atoms with Crippen LogP contribution in [-0.2, 0) is 4.74 Å². The van der Waals surface area contributed by atoms with Crippen molar-refractivity contribution in [1.82, 2.24) is 0 Å². The summed E-state index contributed by atoms with van der Waals surface area (Å²) in [4.78, 5) is 0. The molecule has 0 amide bonds. The molecule has 0 saturated carbocycles. The number of methoxy groups -OCH3 is 1. The largest absolute Gasteiger partial charge is 0.384 e. The maximum Gasteiger partial charge on any atom is 0.0969 e. The molecule has 2 heteroatoms. The van der Waals surface area contributed by atoms with Gasteiger partial charge in [-0.25, -0.2) is 0 Å². The Bertz CT molecular complexity index is 88.1. The zero-order valence-electron chi connectivity index (χ0n) is 9.82. The van der Waals surface area contributed by atoms with Crippen molar-refractivity contribution in [3.63, 3.8) is 0 Å². The van der Waals surface area contributed by atoms with Crippen LogP contribution in [0, 0.1) is 5.41 Å². The van der Waals surface area contributed by atoms with Crippen LogP contribution in [0.2, 0.25) is 0 Å². The lowest BCUT2D eigenvalue weighted by atomic mass is 9.91. The van der Waals surface area contributed by atoms with E-state index in [0.717, 1.165) is 6.42 Å². The summed E-state index contributed by atoms with van der Waals surface area (Å²) >= 11 is 0. The lowest BCUT2D eigenvalue weighted by Crippen LogP contribution is -2.23. The molecule has 0 radical (unpaired) electrons. The van der Waals surface area contributed by atoms with Crippen LogP contribution >= 0.6 is 0 Å². The van der Waals surface area contributed by atoms with Gasteiger partial charge < -0.3 is 4.74 Å². The van der Waals surface area contributed by atoms with Crippen LogP contribution in [0.1, 0.15) is 47.0 Å². The van der Waals surface area contributed by atoms with E-state index in [2.05, 4.69) is 13.8 Å². The minimum Gasteiger partial charge on any atom is -0.384 e. The monoisotopic (exact) mass is 192 g/mol. The second kappa shape index (κ2) is 9.97. The molecule has 0 saturated heterocycles. The Morgan fingerprint density at radius 1 is 1.15 bits per heavy atom. The van der Waals surface area contributed by atoms with Crippen LogP contribution in [0.3, 0.4) is 0 Å². The van der Waals surface area contributed by atoms with E-state index in [1.54, 1.807) is 7.11 Å². The van der Waals surface area contributed by atoms with Crippen LogP contribution in [-0.4, -0.2) is 20.4 Å². The Morgan fingerprint density at radius 3 is 1.69 bits per heavy atom. The van der Waals surface area contributed by atoms with Gasteiger partial charge in [-0.1, -0.05) is 40.5 Å². The molecule has 0 spiro atoms. The summed E-state index contributed by atoms with van der Waals surface area (Å²) in [6.45, 7) is 8.44. The summed E-state index contributed by atoms with van der Waals surface area (Å²) in [7, 11) is 1.60. The van der Waals surface area contributed by atoms with Gasteiger partial charge >= 0.3 is 0 Å². The van der Waals surface area contributed by atoms with E-state index in [-0.39, 0.29) is 12.1 Å². The summed E-state index contributed by atoms with van der Waals surface area (Å²) in [5.41, 5.74) is -0.255. The number of halogens is 1. The molecule has 0 N–H and O–H groups in total. The van der Waals surface area contributed by atoms with Gasteiger partial charge in [-0.2, -0.15) is 0 Å². The van der Waals surface area contributed by atoms with Crippen LogP contribution < -0.4 is 0 Å². The average molecular weight is 192 g/mol. The minimum atomic E-state index is -0.294. The van der Waals surface area contributed by atoms with Gasteiger partial charge in [-0.3, -0.25) is 4.39 Å². The highest BCUT2D eigenvalue weighted by Gasteiger charge is 2.21. The van der Waals surface area contributed by atoms with Crippen molar-refractivity contribution in [2.75, 3.05) is 20.4 Å². The summed E-state index contributed by atoms with van der Waals surface area (Å²) in [5.74, 6) is 0. The third kappa shape index (κ3) is 9.81. The van der Waals surface area contributed by atoms with E-state index < -0.39 is 0 Å². The maximum atomic E-state index is 12.1. The second-order valence-corrected chi connectivity index (χ2v) is 3.73. The highest BCUT2D eigenvalue weighted by Crippen LogP contribution is 2.21. The number of alkyl halides is 1. The lowest BCUT2D eigenvalue weighted by molar-refractivity contribution is 0.0685. The lowest BCUT2D eigenvalue weighted by Gasteiger charge is -2.22. The predicted octanol–water partition coefficient (Wildman–Crippen LogP) is 3.83. The molecule has 1 nitrogen and oxygen atoms in total. The third-order valence-electron chi connectivity index (χ3n) is 2.17. The van der Waals surface area contributed by atoms with Crippen molar-refractivity contribution in [3.05, 3.63) is 0 Å². The van der Waals surface area contributed by atoms with Gasteiger partial charge in [-0.05, 0) is 6.42 Å². The first-order chi connectivity index (χ1) is 6.10. The van der Waals surface area contributed by atoms with Crippen LogP contribution in [0.4, 0.5) is 4.39 Å². The molecule has 0 aliphatic carbocycles. The Labute approximate surface area is 82.7 Å². The normalized spacial score (nSPS) is 14.3. The topological polar surface area (TPSA) is 9.23 Å². The quantitative estimate of drug-likeness (QED) is 0.643. The maximum absolute atomic E-state index is 12.1. The molecule has 0 heterocycles. The van der Waals surface area contributed by atoms with Crippen molar-refractivity contribution in [3.8, 4) is 0 Å². The van der Waals surface area contributed by atoms with Gasteiger partial charge in [0.1, 0.15) is 0 Å². The number of ether oxygens (including phenoxy) is 1. The van der Waals surface area contributed by atoms with Crippen molar-refractivity contribution >= 4 is 0 Å². The third-order valence-corrected chi connectivity index (χ3v) is 2.17. The Balaban J connectivity index is 0. The molecule has 0 aliphatic rings. The molecule has 0 aliphatic heterocycles. The summed E-state index contributed by atoms with van der Waals surface area (Å²) in [5, 5.41) is 0. The van der Waals surface area contributed by atoms with Crippen LogP contribution in [0.5, 0.6) is 0 Å². The molecule has 0 aromatic heterocycles. The molecule has 13 heavy (non-hydrogen) atoms. The minimum absolute atomic E-state index is 0.255. The van der Waals surface area contributed by atoms with Crippen molar-refractivity contribution in [2.24, 2.45) is 5.41 Å². The van der Waals surface area contributed by atoms with Crippen LogP contribution in [0.25, 0.3) is 0 Å². The fourth-order valence-electron chi connectivity index (χ4n) is 0.584. The van der Waals surface area contributed by atoms with Gasteiger partial charge in [0.25, 0.3) is 0 Å². The summed E-state index contributed by atoms with van der Waals surface area (Å²) < 4.78 is 17.0. The van der Waals surface area contributed by atoms with Gasteiger partial charge in [-0.15, -0.1) is 0 Å². The molecule has 0 bridgehead atoms. The zero-order chi connectivity index (χ0) is 10.7. The SMILES string of the molecule is CCC(C)(CF)COC.CCCC. The molecule has 0 fully saturated rings. The molecular formula is C11H25FO. The van der Waals surface area contributed by atoms with Crippen molar-refractivity contribution < 1.29 is 9.13 Å². The smallest absolute Gasteiger partial charge is 0.0969 e. The van der Waals surface area contributed by atoms with E-state index in [9.17, 15) is 4.39 Å². The second-order valence-electron chi connectivity index (χ2n) is 3.73. The Morgan fingerprint density at radius 2 is 1.62 bits per heavy atom. The zero-order valence-corrected chi connectivity index (χ0v) is 9.82. The van der Waals surface area contributed by atoms with Gasteiger partial charge in [0.05, 0.1) is 13.3 Å². The highest BCUT2D eigenvalue weighted by molar-refractivity contribution is 4.69. The van der Waals surface area contributed by atoms with Gasteiger partial charge in [0.2, 0.25) is 0 Å². The fourth-order valence-corrected chi connectivity index (χ4v) is 0.584. The number of hydrogen-bond acceptors (Lipinski definition) is 1. The van der Waals surface area contributed by atoms with Crippen molar-refractivity contribution in [2.45, 2.75) is 47.0 Å². The first-order valence-corrected chi connectivity index (χ1v) is 5.15. The fraction of sp³-hybridized carbons (Fsp3) is 1.00. The average Bonchev–Trinajstić information content (AvgIpc) is 2.18. The molecule has 0 aromatic rings. The number of unbranched alkanes of at least 4 members (excludes halogenated alkanes) is 1. The van der Waals surface area contributed by atoms with E-state index in [1.807, 2.05) is 13.8 Å². The highest BCUT2D eigenvalue weighted by atomic mass is 19.1. The predicted molar refractivity (Wildman–Crippen MR) is 56.8 cm³/mol. The van der Waals surface area contributed by atoms with E-state index in [4.69, 9.17) is 4.74 Å². The Hall–Kier alpha value is -0.110. The summed E-state index contributed by atoms with van der Waals surface area (Å²) in [6.07, 6.45) is 3.47. The summed E-state index contributed by atoms with van der Waals surface area (Å²) in [6, 6.07) is 0. The molecule has 1 atom stereocenters. The van der Waals surface area contributed by atoms with Crippen LogP contribution in [0.15, 0.2) is 0 Å². The van der Waals surface area contributed by atoms with E-state index in [1.165, 1.54) is 12.8 Å². The Kier molecular flexibility index (Phi) is 11.8. The molecule has 82 valence electrons. The van der Waals surface area contributed by atoms with Gasteiger partial charge in [0, 0.05) is 12.5 Å². The molecule has 1 unspecified atom stereocenters. The molecular weight excluding hydrogens is 167 g/mol. The molecule has 0 aromatic carbocycles.